The predicted octanol–water partition coefficient (Wildman–Crippen LogP) is -0.419. The summed E-state index contributed by atoms with van der Waals surface area (Å²) in [5.41, 5.74) is 0.929. The molecule has 0 atom stereocenters. The summed E-state index contributed by atoms with van der Waals surface area (Å²) in [6, 6.07) is 0. The van der Waals surface area contributed by atoms with E-state index in [1.165, 1.54) is 6.21 Å². The first-order valence-corrected chi connectivity index (χ1v) is 3.49. The molecule has 1 heterocycles. The lowest BCUT2D eigenvalue weighted by Gasteiger charge is -2.25. The number of hydrogen-bond donors (Lipinski definition) is 2. The van der Waals surface area contributed by atoms with Crippen molar-refractivity contribution in [2.45, 2.75) is 0 Å². The van der Waals surface area contributed by atoms with Crippen molar-refractivity contribution in [3.63, 3.8) is 0 Å². The first kappa shape index (κ1) is 7.78. The molecule has 1 saturated heterocycles. The molecule has 0 aromatic carbocycles. The van der Waals surface area contributed by atoms with Crippen molar-refractivity contribution in [2.24, 2.45) is 0 Å². The van der Waals surface area contributed by atoms with E-state index in [0.29, 0.717) is 6.54 Å². The summed E-state index contributed by atoms with van der Waals surface area (Å²) >= 11 is 0. The summed E-state index contributed by atoms with van der Waals surface area (Å²) in [4.78, 5) is 12.0. The van der Waals surface area contributed by atoms with Gasteiger partial charge in [0.2, 0.25) is 6.41 Å². The Kier molecular flexibility index (Phi) is 2.66. The van der Waals surface area contributed by atoms with Crippen LogP contribution in [0.15, 0.2) is 11.8 Å². The Bertz CT molecular complexity index is 188. The zero-order valence-corrected chi connectivity index (χ0v) is 6.21. The monoisotopic (exact) mass is 153 g/mol. The van der Waals surface area contributed by atoms with Crippen molar-refractivity contribution in [1.82, 2.24) is 10.2 Å². The third-order valence-corrected chi connectivity index (χ3v) is 1.56. The van der Waals surface area contributed by atoms with E-state index in [9.17, 15) is 4.79 Å². The molecule has 4 nitrogen and oxygen atoms in total. The van der Waals surface area contributed by atoms with Gasteiger partial charge in [0.05, 0.1) is 6.54 Å². The smallest absolute Gasteiger partial charge is 0.210 e. The van der Waals surface area contributed by atoms with Crippen molar-refractivity contribution < 1.29 is 4.79 Å². The van der Waals surface area contributed by atoms with E-state index in [-0.39, 0.29) is 0 Å². The summed E-state index contributed by atoms with van der Waals surface area (Å²) in [5.74, 6) is 0. The Labute approximate surface area is 65.4 Å². The lowest BCUT2D eigenvalue weighted by atomic mass is 10.3. The van der Waals surface area contributed by atoms with Gasteiger partial charge in [-0.25, -0.2) is 0 Å². The van der Waals surface area contributed by atoms with E-state index in [2.05, 4.69) is 5.32 Å². The zero-order chi connectivity index (χ0) is 8.10. The molecular formula is C7H11N3O. The van der Waals surface area contributed by atoms with Crippen molar-refractivity contribution in [3.05, 3.63) is 11.8 Å². The van der Waals surface area contributed by atoms with E-state index in [0.717, 1.165) is 25.2 Å². The van der Waals surface area contributed by atoms with Crippen LogP contribution in [0.4, 0.5) is 0 Å². The molecule has 11 heavy (non-hydrogen) atoms. The van der Waals surface area contributed by atoms with E-state index >= 15 is 0 Å². The Morgan fingerprint density at radius 3 is 3.09 bits per heavy atom. The third kappa shape index (κ3) is 2.07. The minimum absolute atomic E-state index is 0.596. The average Bonchev–Trinajstić information content (AvgIpc) is 2.06. The SMILES string of the molecule is N=C/C=C1/CN(C=O)CCN1. The lowest BCUT2D eigenvalue weighted by molar-refractivity contribution is -0.118. The standard InChI is InChI=1S/C7H11N3O/c8-2-1-7-5-10(6-11)4-3-9-7/h1-2,6,8-9H,3-5H2/b7-1-,8-2?. The fourth-order valence-electron chi connectivity index (χ4n) is 1.02. The molecule has 0 radical (unpaired) electrons. The third-order valence-electron chi connectivity index (χ3n) is 1.56. The van der Waals surface area contributed by atoms with Crippen molar-refractivity contribution in [2.75, 3.05) is 19.6 Å². The maximum absolute atomic E-state index is 10.3. The number of nitrogens with zero attached hydrogens (tertiary/aromatic N) is 1. The number of carbonyl (C=O) groups is 1. The van der Waals surface area contributed by atoms with Gasteiger partial charge in [0.1, 0.15) is 0 Å². The van der Waals surface area contributed by atoms with Gasteiger partial charge < -0.3 is 15.6 Å². The van der Waals surface area contributed by atoms with Gasteiger partial charge in [0.15, 0.2) is 0 Å². The number of rotatable bonds is 2. The molecule has 2 N–H and O–H groups in total. The lowest BCUT2D eigenvalue weighted by Crippen LogP contribution is -2.41. The van der Waals surface area contributed by atoms with Crippen LogP contribution in [0.3, 0.4) is 0 Å². The van der Waals surface area contributed by atoms with Crippen molar-refractivity contribution in [1.29, 1.82) is 5.41 Å². The molecule has 4 heteroatoms. The second-order valence-electron chi connectivity index (χ2n) is 2.36. The van der Waals surface area contributed by atoms with Crippen molar-refractivity contribution in [3.8, 4) is 0 Å². The minimum Gasteiger partial charge on any atom is -0.385 e. The number of allylic oxidation sites excluding steroid dienone is 1. The Hall–Kier alpha value is -1.32. The number of hydrogen-bond acceptors (Lipinski definition) is 3. The highest BCUT2D eigenvalue weighted by Crippen LogP contribution is 1.97. The summed E-state index contributed by atoms with van der Waals surface area (Å²) in [7, 11) is 0. The van der Waals surface area contributed by atoms with Gasteiger partial charge in [0, 0.05) is 25.0 Å². The van der Waals surface area contributed by atoms with Crippen LogP contribution in [-0.2, 0) is 4.79 Å². The second kappa shape index (κ2) is 3.75. The van der Waals surface area contributed by atoms with Gasteiger partial charge in [0.25, 0.3) is 0 Å². The van der Waals surface area contributed by atoms with Crippen LogP contribution in [0, 0.1) is 5.41 Å². The van der Waals surface area contributed by atoms with Crippen LogP contribution < -0.4 is 5.32 Å². The van der Waals surface area contributed by atoms with Crippen molar-refractivity contribution >= 4 is 12.6 Å². The van der Waals surface area contributed by atoms with Gasteiger partial charge in [-0.05, 0) is 6.08 Å². The molecule has 0 bridgehead atoms. The number of piperazine rings is 1. The maximum Gasteiger partial charge on any atom is 0.210 e. The highest BCUT2D eigenvalue weighted by molar-refractivity contribution is 5.69. The van der Waals surface area contributed by atoms with Gasteiger partial charge >= 0.3 is 0 Å². The normalized spacial score (nSPS) is 21.1. The first-order chi connectivity index (χ1) is 5.36. The predicted molar refractivity (Wildman–Crippen MR) is 42.5 cm³/mol. The zero-order valence-electron chi connectivity index (χ0n) is 6.21. The molecular weight excluding hydrogens is 142 g/mol. The maximum atomic E-state index is 10.3. The average molecular weight is 153 g/mol. The molecule has 0 aliphatic carbocycles. The summed E-state index contributed by atoms with van der Waals surface area (Å²) in [5, 5.41) is 9.91. The van der Waals surface area contributed by atoms with E-state index in [1.54, 1.807) is 11.0 Å². The molecule has 60 valence electrons. The van der Waals surface area contributed by atoms with Crippen LogP contribution in [0.2, 0.25) is 0 Å². The molecule has 0 unspecified atom stereocenters. The fraction of sp³-hybridized carbons (Fsp3) is 0.429. The molecule has 0 aromatic rings. The Balaban J connectivity index is 2.51. The van der Waals surface area contributed by atoms with E-state index in [4.69, 9.17) is 5.41 Å². The largest absolute Gasteiger partial charge is 0.385 e. The minimum atomic E-state index is 0.596. The highest BCUT2D eigenvalue weighted by Gasteiger charge is 2.09. The van der Waals surface area contributed by atoms with Crippen LogP contribution in [0.25, 0.3) is 0 Å². The van der Waals surface area contributed by atoms with Crippen LogP contribution >= 0.6 is 0 Å². The van der Waals surface area contributed by atoms with Crippen LogP contribution in [0.5, 0.6) is 0 Å². The molecule has 1 aliphatic rings. The molecule has 1 aliphatic heterocycles. The highest BCUT2D eigenvalue weighted by atomic mass is 16.1. The molecule has 0 spiro atoms. The first-order valence-electron chi connectivity index (χ1n) is 3.49. The number of carbonyl (C=O) groups excluding carboxylic acids is 1. The topological polar surface area (TPSA) is 56.2 Å². The Morgan fingerprint density at radius 2 is 2.45 bits per heavy atom. The van der Waals surface area contributed by atoms with E-state index < -0.39 is 0 Å². The van der Waals surface area contributed by atoms with Gasteiger partial charge in [-0.15, -0.1) is 0 Å². The van der Waals surface area contributed by atoms with Gasteiger partial charge in [-0.1, -0.05) is 0 Å². The molecule has 0 aromatic heterocycles. The van der Waals surface area contributed by atoms with Crippen LogP contribution in [-0.4, -0.2) is 37.2 Å². The summed E-state index contributed by atoms with van der Waals surface area (Å²) < 4.78 is 0. The summed E-state index contributed by atoms with van der Waals surface area (Å²) in [6.45, 7) is 2.12. The fourth-order valence-corrected chi connectivity index (χ4v) is 1.02. The Morgan fingerprint density at radius 1 is 1.64 bits per heavy atom. The van der Waals surface area contributed by atoms with Gasteiger partial charge in [-0.2, -0.15) is 0 Å². The molecule has 1 rings (SSSR count). The van der Waals surface area contributed by atoms with Gasteiger partial charge in [-0.3, -0.25) is 4.79 Å². The molecule has 1 fully saturated rings. The second-order valence-corrected chi connectivity index (χ2v) is 2.36. The number of nitrogens with one attached hydrogen (secondary N) is 2. The quantitative estimate of drug-likeness (QED) is 0.418. The summed E-state index contributed by atoms with van der Waals surface area (Å²) in [6.07, 6.45) is 3.71. The molecule has 0 saturated carbocycles. The van der Waals surface area contributed by atoms with E-state index in [1.807, 2.05) is 0 Å². The van der Waals surface area contributed by atoms with Crippen LogP contribution in [0.1, 0.15) is 0 Å². The molecule has 1 amide bonds. The number of amides is 1.